The smallest absolute Gasteiger partial charge is 0.139 e. The number of nitrogens with one attached hydrogen (secondary N) is 2. The minimum atomic E-state index is 0.866. The van der Waals surface area contributed by atoms with Crippen molar-refractivity contribution in [2.24, 2.45) is 0 Å². The Hall–Kier alpha value is -6.52. The summed E-state index contributed by atoms with van der Waals surface area (Å²) >= 11 is 0. The van der Waals surface area contributed by atoms with Gasteiger partial charge in [0.25, 0.3) is 0 Å². The molecule has 0 radical (unpaired) electrons. The second kappa shape index (κ2) is 10.5. The second-order valence-corrected chi connectivity index (χ2v) is 12.3. The summed E-state index contributed by atoms with van der Waals surface area (Å²) in [5, 5.41) is 7.04. The van der Waals surface area contributed by atoms with Gasteiger partial charge in [-0.15, -0.1) is 0 Å². The highest BCUT2D eigenvalue weighted by molar-refractivity contribution is 6.21. The molecule has 2 aromatic heterocycles. The van der Waals surface area contributed by atoms with Crippen molar-refractivity contribution in [1.29, 1.82) is 0 Å². The number of H-pyrrole nitrogens is 2. The van der Waals surface area contributed by atoms with Crippen LogP contribution in [-0.4, -0.2) is 19.9 Å². The Bertz CT molecular complexity index is 2830. The Kier molecular flexibility index (Phi) is 5.84. The van der Waals surface area contributed by atoms with Gasteiger partial charge in [0.05, 0.1) is 22.1 Å². The quantitative estimate of drug-likeness (QED) is 0.153. The minimum absolute atomic E-state index is 0.866. The molecule has 0 saturated carbocycles. The van der Waals surface area contributed by atoms with E-state index in [0.29, 0.717) is 0 Å². The SMILES string of the molecule is c1ccc(-c2cccc3[nH]c(-c4cccc5c4ccc4c(-c6nc7c(-c8ccccc8)cccc7[nH]6)c6ccccc6cc45)nc23)cc1. The lowest BCUT2D eigenvalue weighted by atomic mass is 9.91. The van der Waals surface area contributed by atoms with Crippen molar-refractivity contribution < 1.29 is 0 Å². The normalized spacial score (nSPS) is 11.8. The first-order valence-electron chi connectivity index (χ1n) is 16.3. The number of aromatic nitrogens is 4. The van der Waals surface area contributed by atoms with Crippen molar-refractivity contribution in [3.63, 3.8) is 0 Å². The number of para-hydroxylation sites is 2. The molecule has 4 nitrogen and oxygen atoms in total. The molecule has 0 spiro atoms. The van der Waals surface area contributed by atoms with Crippen molar-refractivity contribution in [1.82, 2.24) is 19.9 Å². The Labute approximate surface area is 276 Å². The molecule has 0 atom stereocenters. The average Bonchev–Trinajstić information content (AvgIpc) is 3.79. The van der Waals surface area contributed by atoms with Gasteiger partial charge in [-0.3, -0.25) is 0 Å². The van der Waals surface area contributed by atoms with Crippen LogP contribution in [0, 0.1) is 0 Å². The van der Waals surface area contributed by atoms with Crippen LogP contribution in [0.4, 0.5) is 0 Å². The Morgan fingerprint density at radius 1 is 0.354 bits per heavy atom. The molecule has 0 aliphatic carbocycles. The maximum atomic E-state index is 5.29. The van der Waals surface area contributed by atoms with Gasteiger partial charge in [-0.25, -0.2) is 9.97 Å². The first-order valence-corrected chi connectivity index (χ1v) is 16.3. The summed E-state index contributed by atoms with van der Waals surface area (Å²) in [7, 11) is 0. The molecule has 4 heteroatoms. The van der Waals surface area contributed by atoms with Gasteiger partial charge in [0.15, 0.2) is 0 Å². The van der Waals surface area contributed by atoms with E-state index in [-0.39, 0.29) is 0 Å². The van der Waals surface area contributed by atoms with Crippen molar-refractivity contribution in [3.8, 4) is 45.0 Å². The molecular formula is C44H28N4. The van der Waals surface area contributed by atoms with E-state index < -0.39 is 0 Å². The van der Waals surface area contributed by atoms with Crippen molar-refractivity contribution >= 4 is 54.4 Å². The van der Waals surface area contributed by atoms with Crippen LogP contribution in [0.15, 0.2) is 158 Å². The van der Waals surface area contributed by atoms with Gasteiger partial charge in [0.1, 0.15) is 11.6 Å². The summed E-state index contributed by atoms with van der Waals surface area (Å²) in [5.41, 5.74) is 10.8. The monoisotopic (exact) mass is 612 g/mol. The zero-order valence-electron chi connectivity index (χ0n) is 25.9. The summed E-state index contributed by atoms with van der Waals surface area (Å²) in [6.07, 6.45) is 0. The van der Waals surface area contributed by atoms with Crippen molar-refractivity contribution in [3.05, 3.63) is 158 Å². The van der Waals surface area contributed by atoms with Crippen molar-refractivity contribution in [2.45, 2.75) is 0 Å². The highest BCUT2D eigenvalue weighted by Crippen LogP contribution is 2.42. The second-order valence-electron chi connectivity index (χ2n) is 12.3. The highest BCUT2D eigenvalue weighted by atomic mass is 14.9. The number of benzene rings is 8. The Morgan fingerprint density at radius 2 is 0.896 bits per heavy atom. The molecule has 48 heavy (non-hydrogen) atoms. The summed E-state index contributed by atoms with van der Waals surface area (Å²) in [6.45, 7) is 0. The Morgan fingerprint density at radius 3 is 1.60 bits per heavy atom. The molecule has 2 N–H and O–H groups in total. The van der Waals surface area contributed by atoms with Crippen LogP contribution in [-0.2, 0) is 0 Å². The molecule has 0 unspecified atom stereocenters. The third-order valence-electron chi connectivity index (χ3n) is 9.59. The number of nitrogens with zero attached hydrogens (tertiary/aromatic N) is 2. The maximum Gasteiger partial charge on any atom is 0.139 e. The topological polar surface area (TPSA) is 57.4 Å². The number of fused-ring (bicyclic) bond motifs is 6. The number of aromatic amines is 2. The van der Waals surface area contributed by atoms with E-state index >= 15 is 0 Å². The molecule has 0 aliphatic heterocycles. The zero-order valence-corrected chi connectivity index (χ0v) is 25.9. The fourth-order valence-electron chi connectivity index (χ4n) is 7.38. The molecule has 0 bridgehead atoms. The maximum absolute atomic E-state index is 5.29. The fraction of sp³-hybridized carbons (Fsp3) is 0. The lowest BCUT2D eigenvalue weighted by molar-refractivity contribution is 1.35. The zero-order chi connectivity index (χ0) is 31.6. The summed E-state index contributed by atoms with van der Waals surface area (Å²) in [6, 6.07) is 55.7. The van der Waals surface area contributed by atoms with Crippen LogP contribution < -0.4 is 0 Å². The van der Waals surface area contributed by atoms with Crippen molar-refractivity contribution in [2.75, 3.05) is 0 Å². The summed E-state index contributed by atoms with van der Waals surface area (Å²) in [4.78, 5) is 17.8. The summed E-state index contributed by atoms with van der Waals surface area (Å²) < 4.78 is 0. The predicted molar refractivity (Wildman–Crippen MR) is 200 cm³/mol. The molecular weight excluding hydrogens is 585 g/mol. The van der Waals surface area contributed by atoms with Gasteiger partial charge < -0.3 is 9.97 Å². The van der Waals surface area contributed by atoms with Crippen LogP contribution in [0.2, 0.25) is 0 Å². The molecule has 0 aliphatic rings. The molecule has 224 valence electrons. The van der Waals surface area contributed by atoms with E-state index in [4.69, 9.17) is 9.97 Å². The number of hydrogen-bond acceptors (Lipinski definition) is 2. The van der Waals surface area contributed by atoms with Crippen LogP contribution in [0.25, 0.3) is 99.4 Å². The third-order valence-corrected chi connectivity index (χ3v) is 9.59. The first kappa shape index (κ1) is 26.7. The molecule has 0 amide bonds. The fourth-order valence-corrected chi connectivity index (χ4v) is 7.38. The van der Waals surface area contributed by atoms with Crippen LogP contribution in [0.3, 0.4) is 0 Å². The molecule has 10 rings (SSSR count). The predicted octanol–water partition coefficient (Wildman–Crippen LogP) is 11.6. The third kappa shape index (κ3) is 4.10. The lowest BCUT2D eigenvalue weighted by Crippen LogP contribution is -1.90. The molecule has 10 aromatic rings. The largest absolute Gasteiger partial charge is 0.338 e. The molecule has 8 aromatic carbocycles. The van der Waals surface area contributed by atoms with Gasteiger partial charge in [-0.2, -0.15) is 0 Å². The molecule has 0 fully saturated rings. The standard InChI is InChI=1S/C44H28N4/c1-3-12-27(13-4-1)31-18-10-22-38-41(31)47-43(45-38)36-21-9-20-33-34(36)24-25-35-37(33)26-29-16-7-8-17-30(29)40(35)44-46-39-23-11-19-32(42(39)48-44)28-14-5-2-6-15-28/h1-26H,(H,45,47)(H,46,48). The first-order chi connectivity index (χ1) is 23.8. The summed E-state index contributed by atoms with van der Waals surface area (Å²) in [5.74, 6) is 1.74. The lowest BCUT2D eigenvalue weighted by Gasteiger charge is -2.13. The van der Waals surface area contributed by atoms with Crippen LogP contribution in [0.1, 0.15) is 0 Å². The van der Waals surface area contributed by atoms with Crippen LogP contribution in [0.5, 0.6) is 0 Å². The van der Waals surface area contributed by atoms with Gasteiger partial charge in [0, 0.05) is 22.3 Å². The highest BCUT2D eigenvalue weighted by Gasteiger charge is 2.19. The van der Waals surface area contributed by atoms with E-state index in [2.05, 4.69) is 156 Å². The van der Waals surface area contributed by atoms with Gasteiger partial charge >= 0.3 is 0 Å². The van der Waals surface area contributed by atoms with E-state index in [1.54, 1.807) is 0 Å². The molecule has 0 saturated heterocycles. The van der Waals surface area contributed by atoms with E-state index in [0.717, 1.165) is 77.9 Å². The number of rotatable bonds is 4. The van der Waals surface area contributed by atoms with Gasteiger partial charge in [0.2, 0.25) is 0 Å². The van der Waals surface area contributed by atoms with Gasteiger partial charge in [-0.1, -0.05) is 140 Å². The minimum Gasteiger partial charge on any atom is -0.338 e. The number of imidazole rings is 2. The number of hydrogen-bond donors (Lipinski definition) is 2. The van der Waals surface area contributed by atoms with Gasteiger partial charge in [-0.05, 0) is 61.6 Å². The van der Waals surface area contributed by atoms with E-state index in [1.807, 2.05) is 12.1 Å². The van der Waals surface area contributed by atoms with E-state index in [9.17, 15) is 0 Å². The Balaban J connectivity index is 1.20. The average molecular weight is 613 g/mol. The van der Waals surface area contributed by atoms with Crippen LogP contribution >= 0.6 is 0 Å². The van der Waals surface area contributed by atoms with E-state index in [1.165, 1.54) is 21.5 Å². The molecule has 2 heterocycles.